The number of halogens is 1. The molecule has 96 valence electrons. The van der Waals surface area contributed by atoms with Crippen LogP contribution in [0.15, 0.2) is 11.2 Å². The van der Waals surface area contributed by atoms with Gasteiger partial charge in [-0.3, -0.25) is 4.79 Å². The van der Waals surface area contributed by atoms with Gasteiger partial charge in [-0.05, 0) is 0 Å². The lowest BCUT2D eigenvalue weighted by Crippen LogP contribution is -2.26. The zero-order valence-corrected chi connectivity index (χ0v) is 11.4. The Morgan fingerprint density at radius 2 is 2.12 bits per heavy atom. The second-order valence-corrected chi connectivity index (χ2v) is 6.22. The predicted molar refractivity (Wildman–Crippen MR) is 63.3 cm³/mol. The van der Waals surface area contributed by atoms with E-state index in [0.717, 1.165) is 0 Å². The molecule has 0 aliphatic rings. The van der Waals surface area contributed by atoms with E-state index in [9.17, 15) is 13.2 Å². The van der Waals surface area contributed by atoms with Gasteiger partial charge in [-0.25, -0.2) is 13.4 Å². The number of imidazole rings is 1. The highest BCUT2D eigenvalue weighted by atomic mass is 35.7. The van der Waals surface area contributed by atoms with Gasteiger partial charge in [0, 0.05) is 37.4 Å². The quantitative estimate of drug-likeness (QED) is 0.751. The number of likely N-dealkylation sites (N-methyl/N-ethyl adjacent to an activating group) is 1. The maximum atomic E-state index is 11.5. The van der Waals surface area contributed by atoms with Crippen LogP contribution in [0.1, 0.15) is 12.7 Å². The summed E-state index contributed by atoms with van der Waals surface area (Å²) in [6.45, 7) is 1.87. The van der Waals surface area contributed by atoms with E-state index < -0.39 is 9.05 Å². The summed E-state index contributed by atoms with van der Waals surface area (Å²) in [6, 6.07) is 0. The number of rotatable bonds is 4. The zero-order valence-electron chi connectivity index (χ0n) is 9.84. The Balaban J connectivity index is 3.08. The van der Waals surface area contributed by atoms with Crippen molar-refractivity contribution in [3.05, 3.63) is 12.0 Å². The van der Waals surface area contributed by atoms with E-state index in [2.05, 4.69) is 4.98 Å². The summed E-state index contributed by atoms with van der Waals surface area (Å²) in [6.07, 6.45) is 1.80. The van der Waals surface area contributed by atoms with Crippen molar-refractivity contribution < 1.29 is 13.2 Å². The molecule has 1 amide bonds. The summed E-state index contributed by atoms with van der Waals surface area (Å²) in [5.41, 5.74) is 0. The molecule has 0 bridgehead atoms. The molecule has 0 aliphatic heterocycles. The molecule has 0 fully saturated rings. The standard InChI is InChI=1S/C9H14ClN3O3S/c1-4-7-11-8(17(10,15)16)5-13(7)6-9(14)12(2)3/h5H,4,6H2,1-3H3. The van der Waals surface area contributed by atoms with Crippen LogP contribution in [0.5, 0.6) is 0 Å². The first-order valence-electron chi connectivity index (χ1n) is 4.96. The number of aromatic nitrogens is 2. The molecule has 1 heterocycles. The maximum Gasteiger partial charge on any atom is 0.280 e. The van der Waals surface area contributed by atoms with Gasteiger partial charge in [-0.1, -0.05) is 6.92 Å². The average Bonchev–Trinajstić information content (AvgIpc) is 2.60. The van der Waals surface area contributed by atoms with Gasteiger partial charge in [-0.15, -0.1) is 0 Å². The van der Waals surface area contributed by atoms with Crippen molar-refractivity contribution in [1.82, 2.24) is 14.5 Å². The van der Waals surface area contributed by atoms with Gasteiger partial charge >= 0.3 is 0 Å². The average molecular weight is 280 g/mol. The Hall–Kier alpha value is -1.08. The number of amides is 1. The molecule has 0 aromatic carbocycles. The fraction of sp³-hybridized carbons (Fsp3) is 0.556. The van der Waals surface area contributed by atoms with Gasteiger partial charge in [0.15, 0.2) is 5.03 Å². The van der Waals surface area contributed by atoms with Gasteiger partial charge in [0.2, 0.25) is 5.91 Å². The smallest absolute Gasteiger partial charge is 0.280 e. The molecule has 0 aliphatic carbocycles. The first-order chi connectivity index (χ1) is 7.75. The minimum absolute atomic E-state index is 0.0512. The largest absolute Gasteiger partial charge is 0.347 e. The van der Waals surface area contributed by atoms with Crippen molar-refractivity contribution >= 4 is 25.6 Å². The van der Waals surface area contributed by atoms with Crippen LogP contribution in [0.2, 0.25) is 0 Å². The molecule has 8 heteroatoms. The molecule has 1 aromatic rings. The maximum absolute atomic E-state index is 11.5. The molecule has 1 rings (SSSR count). The Morgan fingerprint density at radius 1 is 1.53 bits per heavy atom. The lowest BCUT2D eigenvalue weighted by molar-refractivity contribution is -0.129. The highest BCUT2D eigenvalue weighted by Gasteiger charge is 2.18. The van der Waals surface area contributed by atoms with Crippen molar-refractivity contribution in [2.24, 2.45) is 0 Å². The van der Waals surface area contributed by atoms with Gasteiger partial charge in [-0.2, -0.15) is 0 Å². The molecule has 17 heavy (non-hydrogen) atoms. The molecule has 0 atom stereocenters. The number of nitrogens with zero attached hydrogens (tertiary/aromatic N) is 3. The van der Waals surface area contributed by atoms with Crippen LogP contribution in [0.3, 0.4) is 0 Å². The van der Waals surface area contributed by atoms with Crippen LogP contribution in [0, 0.1) is 0 Å². The molecule has 6 nitrogen and oxygen atoms in total. The third-order valence-electron chi connectivity index (χ3n) is 2.21. The molecule has 0 saturated heterocycles. The minimum atomic E-state index is -3.86. The lowest BCUT2D eigenvalue weighted by atomic mass is 10.4. The summed E-state index contributed by atoms with van der Waals surface area (Å²) < 4.78 is 23.8. The first-order valence-corrected chi connectivity index (χ1v) is 7.27. The third kappa shape index (κ3) is 3.44. The molecular weight excluding hydrogens is 266 g/mol. The van der Waals surface area contributed by atoms with E-state index >= 15 is 0 Å². The third-order valence-corrected chi connectivity index (χ3v) is 3.38. The number of carbonyl (C=O) groups excluding carboxylic acids is 1. The van der Waals surface area contributed by atoms with Gasteiger partial charge < -0.3 is 9.47 Å². The van der Waals surface area contributed by atoms with E-state index in [1.807, 2.05) is 6.92 Å². The number of carbonyl (C=O) groups is 1. The van der Waals surface area contributed by atoms with Gasteiger partial charge in [0.1, 0.15) is 12.4 Å². The topological polar surface area (TPSA) is 72.3 Å². The molecular formula is C9H14ClN3O3S. The minimum Gasteiger partial charge on any atom is -0.347 e. The van der Waals surface area contributed by atoms with Crippen molar-refractivity contribution in [3.63, 3.8) is 0 Å². The first kappa shape index (κ1) is 14.0. The van der Waals surface area contributed by atoms with E-state index in [1.165, 1.54) is 15.7 Å². The monoisotopic (exact) mass is 279 g/mol. The Labute approximate surface area is 105 Å². The summed E-state index contributed by atoms with van der Waals surface area (Å²) in [5.74, 6) is 0.370. The molecule has 0 unspecified atom stereocenters. The van der Waals surface area contributed by atoms with E-state index in [1.54, 1.807) is 14.1 Å². The van der Waals surface area contributed by atoms with Crippen molar-refractivity contribution in [2.75, 3.05) is 14.1 Å². The zero-order chi connectivity index (χ0) is 13.2. The summed E-state index contributed by atoms with van der Waals surface area (Å²) in [4.78, 5) is 16.8. The SMILES string of the molecule is CCc1nc(S(=O)(=O)Cl)cn1CC(=O)N(C)C. The summed E-state index contributed by atoms with van der Waals surface area (Å²) >= 11 is 0. The molecule has 0 spiro atoms. The van der Waals surface area contributed by atoms with Crippen molar-refractivity contribution in [3.8, 4) is 0 Å². The Bertz CT molecular complexity index is 522. The predicted octanol–water partition coefficient (Wildman–Crippen LogP) is 0.461. The van der Waals surface area contributed by atoms with Crippen LogP contribution < -0.4 is 0 Å². The Kier molecular flexibility index (Phi) is 4.16. The fourth-order valence-corrected chi connectivity index (χ4v) is 1.94. The van der Waals surface area contributed by atoms with Gasteiger partial charge in [0.05, 0.1) is 0 Å². The van der Waals surface area contributed by atoms with Gasteiger partial charge in [0.25, 0.3) is 9.05 Å². The number of aryl methyl sites for hydroxylation is 1. The van der Waals surface area contributed by atoms with Crippen LogP contribution in [-0.4, -0.2) is 42.9 Å². The van der Waals surface area contributed by atoms with Crippen LogP contribution in [-0.2, 0) is 26.8 Å². The normalized spacial score (nSPS) is 11.5. The highest BCUT2D eigenvalue weighted by Crippen LogP contribution is 2.15. The molecule has 0 N–H and O–H groups in total. The second-order valence-electron chi connectivity index (χ2n) is 3.70. The molecule has 0 radical (unpaired) electrons. The molecule has 1 aromatic heterocycles. The van der Waals surface area contributed by atoms with Crippen molar-refractivity contribution in [1.29, 1.82) is 0 Å². The number of hydrogen-bond acceptors (Lipinski definition) is 4. The van der Waals surface area contributed by atoms with Crippen LogP contribution >= 0.6 is 10.7 Å². The second kappa shape index (κ2) is 5.05. The lowest BCUT2D eigenvalue weighted by Gasteiger charge is -2.11. The summed E-state index contributed by atoms with van der Waals surface area (Å²) in [5, 5.41) is -0.220. The number of hydrogen-bond donors (Lipinski definition) is 0. The highest BCUT2D eigenvalue weighted by molar-refractivity contribution is 8.13. The van der Waals surface area contributed by atoms with E-state index in [0.29, 0.717) is 12.2 Å². The molecule has 0 saturated carbocycles. The van der Waals surface area contributed by atoms with E-state index in [4.69, 9.17) is 10.7 Å². The fourth-order valence-electron chi connectivity index (χ4n) is 1.25. The van der Waals surface area contributed by atoms with Crippen LogP contribution in [0.4, 0.5) is 0 Å². The van der Waals surface area contributed by atoms with Crippen molar-refractivity contribution in [2.45, 2.75) is 24.9 Å². The summed E-state index contributed by atoms with van der Waals surface area (Å²) in [7, 11) is 4.60. The van der Waals surface area contributed by atoms with Crippen LogP contribution in [0.25, 0.3) is 0 Å². The Morgan fingerprint density at radius 3 is 2.53 bits per heavy atom. The van der Waals surface area contributed by atoms with E-state index in [-0.39, 0.29) is 17.5 Å².